The van der Waals surface area contributed by atoms with E-state index in [1.54, 1.807) is 0 Å². The molecule has 1 saturated carbocycles. The molecule has 0 radical (unpaired) electrons. The standard InChI is InChI=1S/C18H28N2O/c1-2-21-18-12-17(13-18)19-16-9-11-20(14-16)10-8-15-6-4-3-5-7-15/h3-7,16-19H,2,8-14H2,1H3. The van der Waals surface area contributed by atoms with E-state index in [4.69, 9.17) is 4.74 Å². The topological polar surface area (TPSA) is 24.5 Å². The van der Waals surface area contributed by atoms with Gasteiger partial charge < -0.3 is 15.0 Å². The van der Waals surface area contributed by atoms with Gasteiger partial charge in [-0.15, -0.1) is 0 Å². The molecule has 1 saturated heterocycles. The largest absolute Gasteiger partial charge is 0.378 e. The van der Waals surface area contributed by atoms with E-state index in [0.29, 0.717) is 18.2 Å². The average molecular weight is 288 g/mol. The van der Waals surface area contributed by atoms with Crippen molar-refractivity contribution in [1.29, 1.82) is 0 Å². The van der Waals surface area contributed by atoms with Gasteiger partial charge in [-0.3, -0.25) is 0 Å². The lowest BCUT2D eigenvalue weighted by atomic mass is 9.88. The van der Waals surface area contributed by atoms with Gasteiger partial charge in [-0.2, -0.15) is 0 Å². The maximum atomic E-state index is 5.63. The molecule has 2 aliphatic rings. The van der Waals surface area contributed by atoms with Gasteiger partial charge in [0, 0.05) is 31.8 Å². The smallest absolute Gasteiger partial charge is 0.0604 e. The van der Waals surface area contributed by atoms with Crippen LogP contribution in [-0.2, 0) is 11.2 Å². The Bertz CT molecular complexity index is 416. The molecule has 1 atom stereocenters. The Labute approximate surface area is 128 Å². The fourth-order valence-corrected chi connectivity index (χ4v) is 3.51. The highest BCUT2D eigenvalue weighted by Gasteiger charge is 2.32. The van der Waals surface area contributed by atoms with Crippen molar-refractivity contribution in [1.82, 2.24) is 10.2 Å². The second-order valence-corrected chi connectivity index (χ2v) is 6.43. The monoisotopic (exact) mass is 288 g/mol. The van der Waals surface area contributed by atoms with Gasteiger partial charge in [0.25, 0.3) is 0 Å². The van der Waals surface area contributed by atoms with Crippen LogP contribution >= 0.6 is 0 Å². The van der Waals surface area contributed by atoms with Crippen LogP contribution in [0, 0.1) is 0 Å². The third-order valence-corrected chi connectivity index (χ3v) is 4.80. The summed E-state index contributed by atoms with van der Waals surface area (Å²) in [5, 5.41) is 3.81. The van der Waals surface area contributed by atoms with Gasteiger partial charge in [0.2, 0.25) is 0 Å². The van der Waals surface area contributed by atoms with Crippen LogP contribution in [0.2, 0.25) is 0 Å². The van der Waals surface area contributed by atoms with Crippen LogP contribution in [0.1, 0.15) is 31.7 Å². The quantitative estimate of drug-likeness (QED) is 0.834. The van der Waals surface area contributed by atoms with Gasteiger partial charge in [-0.1, -0.05) is 30.3 Å². The Morgan fingerprint density at radius 1 is 1.19 bits per heavy atom. The van der Waals surface area contributed by atoms with Gasteiger partial charge in [0.1, 0.15) is 0 Å². The summed E-state index contributed by atoms with van der Waals surface area (Å²) in [6.07, 6.45) is 5.39. The minimum absolute atomic E-state index is 0.517. The van der Waals surface area contributed by atoms with E-state index in [1.165, 1.54) is 50.9 Å². The van der Waals surface area contributed by atoms with E-state index in [0.717, 1.165) is 6.61 Å². The number of rotatable bonds is 7. The zero-order valence-electron chi connectivity index (χ0n) is 13.1. The zero-order chi connectivity index (χ0) is 14.5. The zero-order valence-corrected chi connectivity index (χ0v) is 13.1. The molecule has 1 aromatic carbocycles. The number of ether oxygens (including phenoxy) is 1. The van der Waals surface area contributed by atoms with E-state index in [-0.39, 0.29) is 0 Å². The first kappa shape index (κ1) is 15.0. The highest BCUT2D eigenvalue weighted by molar-refractivity contribution is 5.14. The maximum Gasteiger partial charge on any atom is 0.0604 e. The molecule has 0 aromatic heterocycles. The van der Waals surface area contributed by atoms with E-state index >= 15 is 0 Å². The summed E-state index contributed by atoms with van der Waals surface area (Å²) in [4.78, 5) is 2.60. The second-order valence-electron chi connectivity index (χ2n) is 6.43. The number of nitrogens with zero attached hydrogens (tertiary/aromatic N) is 1. The lowest BCUT2D eigenvalue weighted by Crippen LogP contribution is -2.50. The second kappa shape index (κ2) is 7.39. The van der Waals surface area contributed by atoms with Gasteiger partial charge in [0.05, 0.1) is 6.10 Å². The van der Waals surface area contributed by atoms with Gasteiger partial charge in [-0.25, -0.2) is 0 Å². The molecule has 1 aliphatic carbocycles. The predicted molar refractivity (Wildman–Crippen MR) is 86.6 cm³/mol. The van der Waals surface area contributed by atoms with Gasteiger partial charge >= 0.3 is 0 Å². The summed E-state index contributed by atoms with van der Waals surface area (Å²) >= 11 is 0. The Balaban J connectivity index is 1.33. The highest BCUT2D eigenvalue weighted by atomic mass is 16.5. The molecule has 21 heavy (non-hydrogen) atoms. The van der Waals surface area contributed by atoms with Crippen molar-refractivity contribution >= 4 is 0 Å². The third-order valence-electron chi connectivity index (χ3n) is 4.80. The summed E-state index contributed by atoms with van der Waals surface area (Å²) in [6.45, 7) is 6.58. The van der Waals surface area contributed by atoms with Crippen LogP contribution in [0.5, 0.6) is 0 Å². The van der Waals surface area contributed by atoms with Crippen LogP contribution in [0.4, 0.5) is 0 Å². The van der Waals surface area contributed by atoms with Crippen LogP contribution in [0.3, 0.4) is 0 Å². The van der Waals surface area contributed by atoms with Crippen LogP contribution in [0.15, 0.2) is 30.3 Å². The molecular weight excluding hydrogens is 260 g/mol. The molecule has 1 heterocycles. The third kappa shape index (κ3) is 4.29. The molecular formula is C18H28N2O. The average Bonchev–Trinajstić information content (AvgIpc) is 2.92. The minimum atomic E-state index is 0.517. The summed E-state index contributed by atoms with van der Waals surface area (Å²) in [6, 6.07) is 12.2. The number of hydrogen-bond acceptors (Lipinski definition) is 3. The molecule has 3 nitrogen and oxygen atoms in total. The molecule has 1 unspecified atom stereocenters. The molecule has 0 amide bonds. The number of nitrogens with one attached hydrogen (secondary N) is 1. The Hall–Kier alpha value is -0.900. The maximum absolute atomic E-state index is 5.63. The van der Waals surface area contributed by atoms with Crippen molar-refractivity contribution in [2.24, 2.45) is 0 Å². The SMILES string of the molecule is CCOC1CC(NC2CCN(CCc3ccccc3)C2)C1. The summed E-state index contributed by atoms with van der Waals surface area (Å²) in [5.74, 6) is 0. The van der Waals surface area contributed by atoms with E-state index in [1.807, 2.05) is 0 Å². The molecule has 1 aromatic rings. The first-order valence-electron chi connectivity index (χ1n) is 8.47. The number of benzene rings is 1. The molecule has 0 bridgehead atoms. The van der Waals surface area contributed by atoms with Crippen molar-refractivity contribution in [2.45, 2.75) is 50.8 Å². The molecule has 3 heteroatoms. The lowest BCUT2D eigenvalue weighted by Gasteiger charge is -2.37. The molecule has 0 spiro atoms. The highest BCUT2D eigenvalue weighted by Crippen LogP contribution is 2.25. The normalized spacial score (nSPS) is 29.5. The van der Waals surface area contributed by atoms with Crippen LogP contribution in [-0.4, -0.2) is 49.3 Å². The fourth-order valence-electron chi connectivity index (χ4n) is 3.51. The first-order chi connectivity index (χ1) is 10.3. The van der Waals surface area contributed by atoms with Crippen molar-refractivity contribution in [3.05, 3.63) is 35.9 Å². The van der Waals surface area contributed by atoms with E-state index < -0.39 is 0 Å². The first-order valence-corrected chi connectivity index (χ1v) is 8.47. The molecule has 2 fully saturated rings. The Morgan fingerprint density at radius 3 is 2.76 bits per heavy atom. The van der Waals surface area contributed by atoms with Crippen molar-refractivity contribution in [2.75, 3.05) is 26.2 Å². The lowest BCUT2D eigenvalue weighted by molar-refractivity contribution is -0.0121. The summed E-state index contributed by atoms with van der Waals surface area (Å²) < 4.78 is 5.63. The molecule has 3 rings (SSSR count). The summed E-state index contributed by atoms with van der Waals surface area (Å²) in [5.41, 5.74) is 1.45. The Kier molecular flexibility index (Phi) is 5.28. The molecule has 116 valence electrons. The molecule has 1 N–H and O–H groups in total. The van der Waals surface area contributed by atoms with Crippen LogP contribution < -0.4 is 5.32 Å². The minimum Gasteiger partial charge on any atom is -0.378 e. The van der Waals surface area contributed by atoms with E-state index in [9.17, 15) is 0 Å². The van der Waals surface area contributed by atoms with Crippen molar-refractivity contribution < 1.29 is 4.74 Å². The Morgan fingerprint density at radius 2 is 2.00 bits per heavy atom. The predicted octanol–water partition coefficient (Wildman–Crippen LogP) is 2.46. The van der Waals surface area contributed by atoms with Crippen molar-refractivity contribution in [3.63, 3.8) is 0 Å². The number of likely N-dealkylation sites (tertiary alicyclic amines) is 1. The van der Waals surface area contributed by atoms with Gasteiger partial charge in [0.15, 0.2) is 0 Å². The van der Waals surface area contributed by atoms with Crippen LogP contribution in [0.25, 0.3) is 0 Å². The van der Waals surface area contributed by atoms with Gasteiger partial charge in [-0.05, 0) is 44.7 Å². The number of hydrogen-bond donors (Lipinski definition) is 1. The van der Waals surface area contributed by atoms with Crippen molar-refractivity contribution in [3.8, 4) is 0 Å². The fraction of sp³-hybridized carbons (Fsp3) is 0.667. The molecule has 1 aliphatic heterocycles. The summed E-state index contributed by atoms with van der Waals surface area (Å²) in [7, 11) is 0. The van der Waals surface area contributed by atoms with E-state index in [2.05, 4.69) is 47.5 Å².